The molecule has 0 heterocycles. The molecular weight excluding hydrogens is 234 g/mol. The van der Waals surface area contributed by atoms with Crippen molar-refractivity contribution in [1.29, 1.82) is 0 Å². The Labute approximate surface area is 67.0 Å². The van der Waals surface area contributed by atoms with Crippen LogP contribution in [0.2, 0.25) is 5.02 Å². The molecule has 8 heavy (non-hydrogen) atoms. The van der Waals surface area contributed by atoms with Gasteiger partial charge in [-0.1, -0.05) is 11.6 Å². The minimum absolute atomic E-state index is 0.547. The summed E-state index contributed by atoms with van der Waals surface area (Å²) in [6.07, 6.45) is 0. The monoisotopic (exact) mass is 236 g/mol. The number of hydrogen-bond acceptors (Lipinski definition) is 0. The van der Waals surface area contributed by atoms with E-state index in [0.717, 1.165) is 3.57 Å². The van der Waals surface area contributed by atoms with Gasteiger partial charge in [-0.3, -0.25) is 0 Å². The van der Waals surface area contributed by atoms with Gasteiger partial charge in [-0.05, 0) is 34.7 Å². The molecule has 2 radical (unpaired) electrons. The molecule has 0 bridgehead atoms. The van der Waals surface area contributed by atoms with Gasteiger partial charge in [-0.15, -0.1) is 0 Å². The maximum Gasteiger partial charge on any atom is 0.0564 e. The average molecular weight is 236 g/mol. The molecule has 1 aromatic carbocycles. The van der Waals surface area contributed by atoms with Crippen molar-refractivity contribution in [2.24, 2.45) is 0 Å². The molecule has 1 aromatic rings. The molecule has 0 spiro atoms. The highest BCUT2D eigenvalue weighted by molar-refractivity contribution is 14.1. The van der Waals surface area contributed by atoms with Crippen LogP contribution in [0.3, 0.4) is 0 Å². The Bertz CT molecular complexity index is 147. The van der Waals surface area contributed by atoms with E-state index in [1.165, 1.54) is 0 Å². The van der Waals surface area contributed by atoms with E-state index in [1.54, 1.807) is 0 Å². The Kier molecular flexibility index (Phi) is 2.14. The molecular formula is C6H2ClI. The topological polar surface area (TPSA) is 0 Å². The molecule has 0 aliphatic carbocycles. The van der Waals surface area contributed by atoms with Gasteiger partial charge in [0.25, 0.3) is 0 Å². The zero-order valence-corrected chi connectivity index (χ0v) is 6.82. The Morgan fingerprint density at radius 1 is 1.38 bits per heavy atom. The fourth-order valence-corrected chi connectivity index (χ4v) is 0.768. The van der Waals surface area contributed by atoms with Gasteiger partial charge in [0.15, 0.2) is 0 Å². The van der Waals surface area contributed by atoms with Gasteiger partial charge in [-0.2, -0.15) is 0 Å². The largest absolute Gasteiger partial charge is 0.0830 e. The van der Waals surface area contributed by atoms with Crippen LogP contribution in [0.1, 0.15) is 0 Å². The molecule has 0 aliphatic rings. The molecule has 2 heteroatoms. The predicted octanol–water partition coefficient (Wildman–Crippen LogP) is 2.54. The van der Waals surface area contributed by atoms with Crippen LogP contribution in [0.15, 0.2) is 12.1 Å². The summed E-state index contributed by atoms with van der Waals surface area (Å²) in [7, 11) is 0. The first-order chi connectivity index (χ1) is 3.79. The molecule has 0 saturated carbocycles. The van der Waals surface area contributed by atoms with E-state index in [4.69, 9.17) is 11.6 Å². The second-order valence-electron chi connectivity index (χ2n) is 1.28. The molecule has 0 aromatic heterocycles. The molecule has 0 nitrogen and oxygen atoms in total. The lowest BCUT2D eigenvalue weighted by Gasteiger charge is -1.84. The van der Waals surface area contributed by atoms with Crippen LogP contribution in [0.5, 0.6) is 0 Å². The molecule has 0 aliphatic heterocycles. The summed E-state index contributed by atoms with van der Waals surface area (Å²) in [5.41, 5.74) is 0. The number of benzene rings is 1. The summed E-state index contributed by atoms with van der Waals surface area (Å²) in [5.74, 6) is 0. The molecule has 0 N–H and O–H groups in total. The SMILES string of the molecule is Clc1[c]cc(I)c[c]1. The van der Waals surface area contributed by atoms with E-state index in [2.05, 4.69) is 34.7 Å². The zero-order valence-electron chi connectivity index (χ0n) is 3.91. The molecule has 0 amide bonds. The summed E-state index contributed by atoms with van der Waals surface area (Å²) >= 11 is 7.67. The third kappa shape index (κ3) is 1.63. The van der Waals surface area contributed by atoms with E-state index in [0.29, 0.717) is 5.02 Å². The second kappa shape index (κ2) is 2.69. The van der Waals surface area contributed by atoms with Gasteiger partial charge in [0.05, 0.1) is 5.02 Å². The van der Waals surface area contributed by atoms with Crippen molar-refractivity contribution in [3.05, 3.63) is 32.9 Å². The van der Waals surface area contributed by atoms with Crippen LogP contribution in [-0.2, 0) is 0 Å². The zero-order chi connectivity index (χ0) is 5.98. The molecule has 0 atom stereocenters. The van der Waals surface area contributed by atoms with E-state index in [-0.39, 0.29) is 0 Å². The van der Waals surface area contributed by atoms with Gasteiger partial charge >= 0.3 is 0 Å². The summed E-state index contributed by atoms with van der Waals surface area (Å²) < 4.78 is 1.10. The van der Waals surface area contributed by atoms with Gasteiger partial charge in [0.1, 0.15) is 0 Å². The first-order valence-electron chi connectivity index (χ1n) is 2.03. The number of rotatable bonds is 0. The fourth-order valence-electron chi connectivity index (χ4n) is 0.348. The standard InChI is InChI=1S/C6H2ClI/c7-5-1-3-6(8)4-2-5/h3-4H. The summed E-state index contributed by atoms with van der Waals surface area (Å²) in [6, 6.07) is 9.24. The Balaban J connectivity index is 3.03. The lowest BCUT2D eigenvalue weighted by Crippen LogP contribution is -1.67. The predicted molar refractivity (Wildman–Crippen MR) is 41.8 cm³/mol. The van der Waals surface area contributed by atoms with E-state index in [1.807, 2.05) is 12.1 Å². The van der Waals surface area contributed by atoms with E-state index < -0.39 is 0 Å². The van der Waals surface area contributed by atoms with Gasteiger partial charge < -0.3 is 0 Å². The lowest BCUT2D eigenvalue weighted by atomic mass is 10.4. The van der Waals surface area contributed by atoms with Crippen LogP contribution in [-0.4, -0.2) is 0 Å². The number of hydrogen-bond donors (Lipinski definition) is 0. The van der Waals surface area contributed by atoms with E-state index >= 15 is 0 Å². The minimum atomic E-state index is 0.547. The smallest absolute Gasteiger partial charge is 0.0564 e. The molecule has 1 rings (SSSR count). The first-order valence-corrected chi connectivity index (χ1v) is 3.49. The molecule has 0 saturated heterocycles. The summed E-state index contributed by atoms with van der Waals surface area (Å²) in [5, 5.41) is 0.547. The summed E-state index contributed by atoms with van der Waals surface area (Å²) in [4.78, 5) is 0. The molecule has 40 valence electrons. The highest BCUT2D eigenvalue weighted by atomic mass is 127. The highest BCUT2D eigenvalue weighted by Gasteiger charge is 1.85. The van der Waals surface area contributed by atoms with Crippen molar-refractivity contribution in [1.82, 2.24) is 0 Å². The van der Waals surface area contributed by atoms with Crippen LogP contribution < -0.4 is 0 Å². The van der Waals surface area contributed by atoms with Crippen LogP contribution in [0, 0.1) is 15.7 Å². The van der Waals surface area contributed by atoms with Crippen LogP contribution in [0.4, 0.5) is 0 Å². The van der Waals surface area contributed by atoms with Crippen molar-refractivity contribution >= 4 is 34.2 Å². The van der Waals surface area contributed by atoms with Crippen LogP contribution >= 0.6 is 34.2 Å². The molecule has 0 unspecified atom stereocenters. The van der Waals surface area contributed by atoms with Crippen molar-refractivity contribution < 1.29 is 0 Å². The third-order valence-corrected chi connectivity index (χ3v) is 1.51. The first kappa shape index (κ1) is 6.36. The normalized spacial score (nSPS) is 9.25. The van der Waals surface area contributed by atoms with E-state index in [9.17, 15) is 0 Å². The van der Waals surface area contributed by atoms with Gasteiger partial charge in [0, 0.05) is 15.7 Å². The lowest BCUT2D eigenvalue weighted by molar-refractivity contribution is 1.62. The van der Waals surface area contributed by atoms with Gasteiger partial charge in [0.2, 0.25) is 0 Å². The summed E-state index contributed by atoms with van der Waals surface area (Å²) in [6.45, 7) is 0. The quantitative estimate of drug-likeness (QED) is 0.607. The highest BCUT2D eigenvalue weighted by Crippen LogP contribution is 2.08. The van der Waals surface area contributed by atoms with Crippen molar-refractivity contribution in [3.63, 3.8) is 0 Å². The van der Waals surface area contributed by atoms with Crippen molar-refractivity contribution in [3.8, 4) is 0 Å². The third-order valence-electron chi connectivity index (χ3n) is 0.674. The Hall–Kier alpha value is 0.240. The second-order valence-corrected chi connectivity index (χ2v) is 2.90. The van der Waals surface area contributed by atoms with Crippen molar-refractivity contribution in [2.75, 3.05) is 0 Å². The minimum Gasteiger partial charge on any atom is -0.0830 e. The van der Waals surface area contributed by atoms with Crippen molar-refractivity contribution in [2.45, 2.75) is 0 Å². The maximum absolute atomic E-state index is 5.50. The average Bonchev–Trinajstić information content (AvgIpc) is 1.77. The Morgan fingerprint density at radius 3 is 2.25 bits per heavy atom. The Morgan fingerprint density at radius 2 is 1.88 bits per heavy atom. The molecule has 0 fully saturated rings. The van der Waals surface area contributed by atoms with Gasteiger partial charge in [-0.25, -0.2) is 0 Å². The fraction of sp³-hybridized carbons (Fsp3) is 0. The number of halogens is 2. The maximum atomic E-state index is 5.50. The van der Waals surface area contributed by atoms with Crippen LogP contribution in [0.25, 0.3) is 0 Å².